The van der Waals surface area contributed by atoms with E-state index in [4.69, 9.17) is 0 Å². The van der Waals surface area contributed by atoms with E-state index in [0.717, 1.165) is 0 Å². The van der Waals surface area contributed by atoms with Gasteiger partial charge in [-0.15, -0.1) is 0 Å². The van der Waals surface area contributed by atoms with E-state index in [1.165, 1.54) is 16.7 Å². The van der Waals surface area contributed by atoms with Crippen LogP contribution in [0, 0.1) is 13.8 Å². The van der Waals surface area contributed by atoms with E-state index >= 15 is 0 Å². The van der Waals surface area contributed by atoms with Gasteiger partial charge in [-0.3, -0.25) is 4.79 Å². The fourth-order valence-electron chi connectivity index (χ4n) is 1.87. The summed E-state index contributed by atoms with van der Waals surface area (Å²) in [7, 11) is 1.90. The predicted molar refractivity (Wildman–Crippen MR) is 63.0 cm³/mol. The Morgan fingerprint density at radius 1 is 1.40 bits per heavy atom. The van der Waals surface area contributed by atoms with E-state index in [2.05, 4.69) is 37.4 Å². The second kappa shape index (κ2) is 5.08. The van der Waals surface area contributed by atoms with Gasteiger partial charge in [0.2, 0.25) is 0 Å². The van der Waals surface area contributed by atoms with Gasteiger partial charge in [0.15, 0.2) is 0 Å². The van der Waals surface area contributed by atoms with Crippen molar-refractivity contribution in [1.82, 2.24) is 5.32 Å². The van der Waals surface area contributed by atoms with Gasteiger partial charge in [-0.2, -0.15) is 0 Å². The Balaban J connectivity index is 2.96. The molecule has 0 aromatic heterocycles. The molecule has 0 radical (unpaired) electrons. The lowest BCUT2D eigenvalue weighted by Crippen LogP contribution is -2.19. The van der Waals surface area contributed by atoms with Crippen LogP contribution in [-0.2, 0) is 4.79 Å². The molecule has 82 valence electrons. The summed E-state index contributed by atoms with van der Waals surface area (Å²) < 4.78 is 0. The molecule has 0 aliphatic carbocycles. The highest BCUT2D eigenvalue weighted by molar-refractivity contribution is 5.76. The summed E-state index contributed by atoms with van der Waals surface area (Å²) in [5.41, 5.74) is 3.72. The number of hydrogen-bond donors (Lipinski definition) is 1. The maximum Gasteiger partial charge on any atom is 0.131 e. The SMILES string of the molecule is CNC(CC(C)=O)c1ccc(C)cc1C. The first kappa shape index (κ1) is 11.9. The molecule has 0 saturated carbocycles. The number of hydrogen-bond acceptors (Lipinski definition) is 2. The third-order valence-corrected chi connectivity index (χ3v) is 2.64. The average Bonchev–Trinajstić information content (AvgIpc) is 2.14. The van der Waals surface area contributed by atoms with Gasteiger partial charge < -0.3 is 5.32 Å². The number of carbonyl (C=O) groups is 1. The molecule has 1 aromatic carbocycles. The second-order valence-corrected chi connectivity index (χ2v) is 4.11. The molecule has 0 amide bonds. The molecule has 0 aliphatic rings. The molecular formula is C13H19NO. The third kappa shape index (κ3) is 3.17. The Morgan fingerprint density at radius 2 is 2.07 bits per heavy atom. The van der Waals surface area contributed by atoms with Gasteiger partial charge in [0.05, 0.1) is 0 Å². The van der Waals surface area contributed by atoms with Crippen molar-refractivity contribution in [1.29, 1.82) is 0 Å². The van der Waals surface area contributed by atoms with Crippen LogP contribution < -0.4 is 5.32 Å². The highest BCUT2D eigenvalue weighted by atomic mass is 16.1. The van der Waals surface area contributed by atoms with Crippen LogP contribution in [0.4, 0.5) is 0 Å². The molecule has 0 saturated heterocycles. The summed E-state index contributed by atoms with van der Waals surface area (Å²) in [6.07, 6.45) is 0.556. The maximum atomic E-state index is 11.1. The van der Waals surface area contributed by atoms with E-state index in [1.807, 2.05) is 7.05 Å². The van der Waals surface area contributed by atoms with Crippen LogP contribution in [0.2, 0.25) is 0 Å². The first-order valence-corrected chi connectivity index (χ1v) is 5.28. The smallest absolute Gasteiger partial charge is 0.131 e. The Labute approximate surface area is 91.7 Å². The molecule has 1 unspecified atom stereocenters. The molecule has 2 nitrogen and oxygen atoms in total. The lowest BCUT2D eigenvalue weighted by Gasteiger charge is -2.17. The lowest BCUT2D eigenvalue weighted by molar-refractivity contribution is -0.117. The summed E-state index contributed by atoms with van der Waals surface area (Å²) in [5.74, 6) is 0.217. The van der Waals surface area contributed by atoms with Gasteiger partial charge in [-0.1, -0.05) is 23.8 Å². The number of Topliss-reactive ketones (excluding diaryl/α,β-unsaturated/α-hetero) is 1. The third-order valence-electron chi connectivity index (χ3n) is 2.64. The van der Waals surface area contributed by atoms with Crippen molar-refractivity contribution < 1.29 is 4.79 Å². The quantitative estimate of drug-likeness (QED) is 0.818. The van der Waals surface area contributed by atoms with Crippen LogP contribution in [0.15, 0.2) is 18.2 Å². The first-order chi connectivity index (χ1) is 7.04. The minimum absolute atomic E-state index is 0.142. The maximum absolute atomic E-state index is 11.1. The average molecular weight is 205 g/mol. The summed E-state index contributed by atoms with van der Waals surface area (Å²) in [5, 5.41) is 3.19. The summed E-state index contributed by atoms with van der Waals surface area (Å²) >= 11 is 0. The zero-order chi connectivity index (χ0) is 11.4. The first-order valence-electron chi connectivity index (χ1n) is 5.28. The number of rotatable bonds is 4. The van der Waals surface area contributed by atoms with Gasteiger partial charge in [-0.05, 0) is 38.9 Å². The summed E-state index contributed by atoms with van der Waals surface area (Å²) in [6.45, 7) is 5.80. The zero-order valence-electron chi connectivity index (χ0n) is 9.92. The Kier molecular flexibility index (Phi) is 4.04. The molecule has 1 N–H and O–H groups in total. The lowest BCUT2D eigenvalue weighted by atomic mass is 9.96. The molecule has 15 heavy (non-hydrogen) atoms. The highest BCUT2D eigenvalue weighted by Gasteiger charge is 2.13. The molecule has 0 bridgehead atoms. The van der Waals surface area contributed by atoms with Gasteiger partial charge in [0.25, 0.3) is 0 Å². The van der Waals surface area contributed by atoms with Crippen LogP contribution in [0.3, 0.4) is 0 Å². The van der Waals surface area contributed by atoms with Crippen LogP contribution in [0.25, 0.3) is 0 Å². The summed E-state index contributed by atoms with van der Waals surface area (Å²) in [4.78, 5) is 11.1. The van der Waals surface area contributed by atoms with Crippen LogP contribution in [0.1, 0.15) is 36.1 Å². The van der Waals surface area contributed by atoms with Crippen molar-refractivity contribution in [2.24, 2.45) is 0 Å². The molecule has 1 aromatic rings. The number of benzene rings is 1. The molecule has 2 heteroatoms. The van der Waals surface area contributed by atoms with Crippen molar-refractivity contribution >= 4 is 5.78 Å². The van der Waals surface area contributed by atoms with Crippen molar-refractivity contribution in [3.05, 3.63) is 34.9 Å². The van der Waals surface area contributed by atoms with Crippen LogP contribution >= 0.6 is 0 Å². The molecule has 0 heterocycles. The van der Waals surface area contributed by atoms with E-state index < -0.39 is 0 Å². The highest BCUT2D eigenvalue weighted by Crippen LogP contribution is 2.21. The number of aryl methyl sites for hydroxylation is 2. The summed E-state index contributed by atoms with van der Waals surface area (Å²) in [6, 6.07) is 6.49. The Hall–Kier alpha value is -1.15. The van der Waals surface area contributed by atoms with E-state index in [9.17, 15) is 4.79 Å². The van der Waals surface area contributed by atoms with Crippen molar-refractivity contribution in [3.63, 3.8) is 0 Å². The fourth-order valence-corrected chi connectivity index (χ4v) is 1.87. The predicted octanol–water partition coefficient (Wildman–Crippen LogP) is 2.54. The minimum Gasteiger partial charge on any atom is -0.313 e. The largest absolute Gasteiger partial charge is 0.313 e. The fraction of sp³-hybridized carbons (Fsp3) is 0.462. The van der Waals surface area contributed by atoms with E-state index in [1.54, 1.807) is 6.92 Å². The van der Waals surface area contributed by atoms with Crippen molar-refractivity contribution in [2.45, 2.75) is 33.2 Å². The topological polar surface area (TPSA) is 29.1 Å². The van der Waals surface area contributed by atoms with Crippen LogP contribution in [-0.4, -0.2) is 12.8 Å². The van der Waals surface area contributed by atoms with Crippen LogP contribution in [0.5, 0.6) is 0 Å². The van der Waals surface area contributed by atoms with Crippen molar-refractivity contribution in [2.75, 3.05) is 7.05 Å². The van der Waals surface area contributed by atoms with Gasteiger partial charge in [0.1, 0.15) is 5.78 Å². The monoisotopic (exact) mass is 205 g/mol. The number of ketones is 1. The Morgan fingerprint density at radius 3 is 2.53 bits per heavy atom. The molecule has 1 atom stereocenters. The standard InChI is InChI=1S/C13H19NO/c1-9-5-6-12(10(2)7-9)13(14-4)8-11(3)15/h5-7,13-14H,8H2,1-4H3. The van der Waals surface area contributed by atoms with Gasteiger partial charge in [0, 0.05) is 12.5 Å². The second-order valence-electron chi connectivity index (χ2n) is 4.11. The molecule has 1 rings (SSSR count). The number of nitrogens with one attached hydrogen (secondary N) is 1. The molecular weight excluding hydrogens is 186 g/mol. The Bertz CT molecular complexity index is 358. The normalized spacial score (nSPS) is 12.5. The van der Waals surface area contributed by atoms with Gasteiger partial charge >= 0.3 is 0 Å². The molecule has 0 fully saturated rings. The zero-order valence-corrected chi connectivity index (χ0v) is 9.92. The molecule has 0 spiro atoms. The minimum atomic E-state index is 0.142. The number of carbonyl (C=O) groups excluding carboxylic acids is 1. The van der Waals surface area contributed by atoms with Crippen molar-refractivity contribution in [3.8, 4) is 0 Å². The van der Waals surface area contributed by atoms with E-state index in [-0.39, 0.29) is 11.8 Å². The van der Waals surface area contributed by atoms with E-state index in [0.29, 0.717) is 6.42 Å². The molecule has 0 aliphatic heterocycles. The van der Waals surface area contributed by atoms with Gasteiger partial charge in [-0.25, -0.2) is 0 Å².